The summed E-state index contributed by atoms with van der Waals surface area (Å²) in [5.41, 5.74) is -0.412. The van der Waals surface area contributed by atoms with Crippen LogP contribution in [0.15, 0.2) is 0 Å². The molecule has 1 saturated carbocycles. The fraction of sp³-hybridized carbons (Fsp3) is 1.00. The summed E-state index contributed by atoms with van der Waals surface area (Å²) in [5.74, 6) is 1.27. The molecule has 1 saturated heterocycles. The average Bonchev–Trinajstić information content (AvgIpc) is 3.00. The van der Waals surface area contributed by atoms with Gasteiger partial charge in [-0.1, -0.05) is 20.8 Å². The molecule has 0 N–H and O–H groups in total. The van der Waals surface area contributed by atoms with E-state index in [1.165, 1.54) is 6.42 Å². The van der Waals surface area contributed by atoms with Gasteiger partial charge in [0.2, 0.25) is 0 Å². The Balaban J connectivity index is 1.76. The van der Waals surface area contributed by atoms with Crippen LogP contribution in [-0.2, 0) is 13.7 Å². The molecule has 1 aliphatic heterocycles. The summed E-state index contributed by atoms with van der Waals surface area (Å²) in [4.78, 5) is 0. The van der Waals surface area contributed by atoms with Crippen molar-refractivity contribution in [3.8, 4) is 0 Å². The van der Waals surface area contributed by atoms with Gasteiger partial charge in [0.15, 0.2) is 8.32 Å². The van der Waals surface area contributed by atoms with Crippen molar-refractivity contribution in [3.63, 3.8) is 0 Å². The van der Waals surface area contributed by atoms with E-state index < -0.39 is 8.32 Å². The smallest absolute Gasteiger partial charge is 0.417 e. The fourth-order valence-corrected chi connectivity index (χ4v) is 3.74. The van der Waals surface area contributed by atoms with E-state index in [2.05, 4.69) is 61.6 Å². The van der Waals surface area contributed by atoms with E-state index in [9.17, 15) is 0 Å². The SMILES string of the molecule is CC1(C)OB([C@H]2C[C@H]2CCO[Si](C)(C)C(C)(C)C)OC1(C)C. The average molecular weight is 326 g/mol. The Bertz CT molecular complexity index is 399. The molecule has 0 aromatic carbocycles. The first-order valence-electron chi connectivity index (χ1n) is 8.76. The summed E-state index contributed by atoms with van der Waals surface area (Å²) < 4.78 is 18.6. The molecule has 5 heteroatoms. The van der Waals surface area contributed by atoms with E-state index in [1.54, 1.807) is 0 Å². The highest BCUT2D eigenvalue weighted by Crippen LogP contribution is 2.54. The second-order valence-corrected chi connectivity index (χ2v) is 14.5. The second kappa shape index (κ2) is 5.61. The van der Waals surface area contributed by atoms with Crippen LogP contribution >= 0.6 is 0 Å². The molecule has 2 rings (SSSR count). The zero-order chi connectivity index (χ0) is 17.0. The molecular weight excluding hydrogens is 291 g/mol. The van der Waals surface area contributed by atoms with Crippen LogP contribution in [0, 0.1) is 5.92 Å². The van der Waals surface area contributed by atoms with Gasteiger partial charge in [0, 0.05) is 6.61 Å². The van der Waals surface area contributed by atoms with Gasteiger partial charge in [-0.25, -0.2) is 0 Å². The van der Waals surface area contributed by atoms with E-state index >= 15 is 0 Å². The van der Waals surface area contributed by atoms with E-state index in [0.717, 1.165) is 13.0 Å². The summed E-state index contributed by atoms with van der Waals surface area (Å²) in [6.07, 6.45) is 2.36. The molecule has 0 radical (unpaired) electrons. The number of hydrogen-bond acceptors (Lipinski definition) is 3. The van der Waals surface area contributed by atoms with Gasteiger partial charge in [-0.15, -0.1) is 0 Å². The molecular formula is C17H35BO3Si. The fourth-order valence-electron chi connectivity index (χ4n) is 2.68. The molecule has 1 heterocycles. The van der Waals surface area contributed by atoms with Crippen molar-refractivity contribution >= 4 is 15.4 Å². The summed E-state index contributed by atoms with van der Waals surface area (Å²) in [6.45, 7) is 20.9. The highest BCUT2D eigenvalue weighted by molar-refractivity contribution is 6.74. The zero-order valence-electron chi connectivity index (χ0n) is 16.1. The predicted molar refractivity (Wildman–Crippen MR) is 95.7 cm³/mol. The molecule has 0 aromatic rings. The molecule has 22 heavy (non-hydrogen) atoms. The van der Waals surface area contributed by atoms with Crippen LogP contribution in [0.1, 0.15) is 61.3 Å². The molecule has 1 aliphatic carbocycles. The number of hydrogen-bond donors (Lipinski definition) is 0. The molecule has 2 fully saturated rings. The minimum Gasteiger partial charge on any atom is -0.417 e. The lowest BCUT2D eigenvalue weighted by Gasteiger charge is -2.36. The van der Waals surface area contributed by atoms with E-state index in [0.29, 0.717) is 16.8 Å². The number of rotatable bonds is 5. The van der Waals surface area contributed by atoms with E-state index in [1.807, 2.05) is 0 Å². The Morgan fingerprint density at radius 3 is 2.05 bits per heavy atom. The van der Waals surface area contributed by atoms with Crippen LogP contribution < -0.4 is 0 Å². The highest BCUT2D eigenvalue weighted by atomic mass is 28.4. The van der Waals surface area contributed by atoms with Crippen molar-refractivity contribution < 1.29 is 13.7 Å². The monoisotopic (exact) mass is 326 g/mol. The summed E-state index contributed by atoms with van der Waals surface area (Å²) >= 11 is 0. The van der Waals surface area contributed by atoms with Crippen LogP contribution in [-0.4, -0.2) is 33.2 Å². The molecule has 3 nitrogen and oxygen atoms in total. The molecule has 0 aromatic heterocycles. The first-order valence-corrected chi connectivity index (χ1v) is 11.7. The maximum Gasteiger partial charge on any atom is 0.461 e. The molecule has 0 spiro atoms. The van der Waals surface area contributed by atoms with Crippen LogP contribution in [0.5, 0.6) is 0 Å². The van der Waals surface area contributed by atoms with Crippen LogP contribution in [0.2, 0.25) is 23.9 Å². The van der Waals surface area contributed by atoms with E-state index in [4.69, 9.17) is 13.7 Å². The Hall–Kier alpha value is 0.162. The zero-order valence-corrected chi connectivity index (χ0v) is 17.1. The lowest BCUT2D eigenvalue weighted by atomic mass is 9.80. The van der Waals surface area contributed by atoms with Crippen LogP contribution in [0.25, 0.3) is 0 Å². The van der Waals surface area contributed by atoms with Gasteiger partial charge in [0.05, 0.1) is 11.2 Å². The third-order valence-electron chi connectivity index (χ3n) is 6.36. The summed E-state index contributed by atoms with van der Waals surface area (Å²) in [7, 11) is -1.63. The Kier molecular flexibility index (Phi) is 4.72. The van der Waals surface area contributed by atoms with Gasteiger partial charge in [-0.3, -0.25) is 0 Å². The molecule has 2 aliphatic rings. The molecule has 0 bridgehead atoms. The minimum absolute atomic E-state index is 0.0251. The van der Waals surface area contributed by atoms with Gasteiger partial charge < -0.3 is 13.7 Å². The predicted octanol–water partition coefficient (Wildman–Crippen LogP) is 4.88. The largest absolute Gasteiger partial charge is 0.461 e. The minimum atomic E-state index is -1.61. The standard InChI is InChI=1S/C17H35BO3Si/c1-15(2,3)22(8,9)19-11-10-13-12-14(13)18-20-16(4,5)17(6,7)21-18/h13-14H,10-12H2,1-9H3/t13-,14+/m1/s1. The topological polar surface area (TPSA) is 27.7 Å². The van der Waals surface area contributed by atoms with Gasteiger partial charge >= 0.3 is 7.12 Å². The normalized spacial score (nSPS) is 30.7. The maximum absolute atomic E-state index is 6.29. The van der Waals surface area contributed by atoms with E-state index in [-0.39, 0.29) is 18.3 Å². The second-order valence-electron chi connectivity index (χ2n) is 9.68. The molecule has 128 valence electrons. The van der Waals surface area contributed by atoms with Crippen molar-refractivity contribution in [3.05, 3.63) is 0 Å². The van der Waals surface area contributed by atoms with Gasteiger partial charge in [-0.2, -0.15) is 0 Å². The van der Waals surface area contributed by atoms with Crippen LogP contribution in [0.3, 0.4) is 0 Å². The van der Waals surface area contributed by atoms with Crippen molar-refractivity contribution in [2.24, 2.45) is 5.92 Å². The molecule has 2 atom stereocenters. The van der Waals surface area contributed by atoms with Gasteiger partial charge in [0.25, 0.3) is 0 Å². The van der Waals surface area contributed by atoms with Crippen LogP contribution in [0.4, 0.5) is 0 Å². The first kappa shape index (κ1) is 18.5. The third-order valence-corrected chi connectivity index (χ3v) is 10.9. The van der Waals surface area contributed by atoms with Crippen molar-refractivity contribution in [2.75, 3.05) is 6.61 Å². The van der Waals surface area contributed by atoms with Gasteiger partial charge in [-0.05, 0) is 70.4 Å². The highest BCUT2D eigenvalue weighted by Gasteiger charge is 2.59. The van der Waals surface area contributed by atoms with Gasteiger partial charge in [0.1, 0.15) is 0 Å². The summed E-state index contributed by atoms with van der Waals surface area (Å²) in [6, 6.07) is 0. The molecule has 0 unspecified atom stereocenters. The quantitative estimate of drug-likeness (QED) is 0.674. The Morgan fingerprint density at radius 1 is 1.09 bits per heavy atom. The first-order chi connectivity index (χ1) is 9.77. The Morgan fingerprint density at radius 2 is 1.59 bits per heavy atom. The molecule has 0 amide bonds. The third kappa shape index (κ3) is 3.63. The summed E-state index contributed by atoms with van der Waals surface area (Å²) in [5, 5.41) is 0.293. The lowest BCUT2D eigenvalue weighted by molar-refractivity contribution is 0.00578. The van der Waals surface area contributed by atoms with Crippen molar-refractivity contribution in [1.82, 2.24) is 0 Å². The Labute approximate surface area is 138 Å². The lowest BCUT2D eigenvalue weighted by Crippen LogP contribution is -2.41. The maximum atomic E-state index is 6.29. The van der Waals surface area contributed by atoms with Crippen molar-refractivity contribution in [2.45, 2.75) is 96.5 Å². The van der Waals surface area contributed by atoms with Crippen molar-refractivity contribution in [1.29, 1.82) is 0 Å².